The highest BCUT2D eigenvalue weighted by molar-refractivity contribution is 7.87. The zero-order valence-electron chi connectivity index (χ0n) is 13.5. The molecule has 2 fully saturated rings. The van der Waals surface area contributed by atoms with Gasteiger partial charge in [0.15, 0.2) is 0 Å². The molecule has 1 aromatic carbocycles. The quantitative estimate of drug-likeness (QED) is 0.865. The average Bonchev–Trinajstić information content (AvgIpc) is 2.86. The van der Waals surface area contributed by atoms with Gasteiger partial charge in [-0.05, 0) is 67.2 Å². The number of hydrogen-bond acceptors (Lipinski definition) is 3. The van der Waals surface area contributed by atoms with E-state index in [1.807, 2.05) is 19.1 Å². The maximum Gasteiger partial charge on any atom is 0.280 e. The number of phenolic OH excluding ortho intramolecular Hbond substituents is 1. The van der Waals surface area contributed by atoms with Gasteiger partial charge in [-0.2, -0.15) is 17.4 Å². The van der Waals surface area contributed by atoms with Crippen molar-refractivity contribution in [2.45, 2.75) is 44.6 Å². The van der Waals surface area contributed by atoms with Crippen LogP contribution >= 0.6 is 0 Å². The largest absolute Gasteiger partial charge is 0.508 e. The lowest BCUT2D eigenvalue weighted by atomic mass is 9.79. The summed E-state index contributed by atoms with van der Waals surface area (Å²) in [5.41, 5.74) is 2.12. The molecule has 1 heterocycles. The summed E-state index contributed by atoms with van der Waals surface area (Å²) in [6.45, 7) is 3.20. The Kier molecular flexibility index (Phi) is 3.48. The summed E-state index contributed by atoms with van der Waals surface area (Å²) >= 11 is 0. The third kappa shape index (κ3) is 2.30. The van der Waals surface area contributed by atoms with Gasteiger partial charge in [0.05, 0.1) is 5.54 Å². The second-order valence-corrected chi connectivity index (χ2v) is 8.98. The van der Waals surface area contributed by atoms with Gasteiger partial charge in [-0.1, -0.05) is 13.0 Å². The Morgan fingerprint density at radius 2 is 1.96 bits per heavy atom. The lowest BCUT2D eigenvalue weighted by molar-refractivity contribution is 0.213. The second-order valence-electron chi connectivity index (χ2n) is 7.31. The molecule has 0 aromatic heterocycles. The van der Waals surface area contributed by atoms with Gasteiger partial charge in [0.1, 0.15) is 5.75 Å². The molecule has 1 spiro atoms. The lowest BCUT2D eigenvalue weighted by Crippen LogP contribution is -2.52. The number of hydrogen-bond donors (Lipinski definition) is 2. The summed E-state index contributed by atoms with van der Waals surface area (Å²) in [4.78, 5) is 0. The van der Waals surface area contributed by atoms with Crippen molar-refractivity contribution in [2.24, 2.45) is 11.8 Å². The molecule has 0 unspecified atom stereocenters. The highest BCUT2D eigenvalue weighted by atomic mass is 32.2. The number of nitrogens with zero attached hydrogens (tertiary/aromatic N) is 1. The molecule has 1 aliphatic heterocycles. The molecule has 126 valence electrons. The molecule has 3 aliphatic rings. The number of rotatable bonds is 2. The molecular formula is C17H24N2O3S. The first-order chi connectivity index (χ1) is 10.9. The number of fused-ring (bicyclic) bond motifs is 1. The summed E-state index contributed by atoms with van der Waals surface area (Å²) in [6, 6.07) is 5.61. The average molecular weight is 336 g/mol. The van der Waals surface area contributed by atoms with Crippen LogP contribution in [0, 0.1) is 11.8 Å². The van der Waals surface area contributed by atoms with Crippen molar-refractivity contribution in [3.63, 3.8) is 0 Å². The van der Waals surface area contributed by atoms with Crippen LogP contribution in [0.3, 0.4) is 0 Å². The van der Waals surface area contributed by atoms with Crippen molar-refractivity contribution in [2.75, 3.05) is 13.1 Å². The molecule has 1 saturated heterocycles. The maximum absolute atomic E-state index is 12.6. The van der Waals surface area contributed by atoms with E-state index in [4.69, 9.17) is 0 Å². The van der Waals surface area contributed by atoms with E-state index in [0.29, 0.717) is 30.7 Å². The van der Waals surface area contributed by atoms with Gasteiger partial charge in [0.25, 0.3) is 10.2 Å². The summed E-state index contributed by atoms with van der Waals surface area (Å²) in [6.07, 6.45) is 4.72. The van der Waals surface area contributed by atoms with Gasteiger partial charge < -0.3 is 5.11 Å². The highest BCUT2D eigenvalue weighted by Gasteiger charge is 2.59. The summed E-state index contributed by atoms with van der Waals surface area (Å²) < 4.78 is 29.8. The summed E-state index contributed by atoms with van der Waals surface area (Å²) in [5, 5.41) is 9.78. The Labute approximate surface area is 137 Å². The van der Waals surface area contributed by atoms with Crippen molar-refractivity contribution in [1.82, 2.24) is 9.03 Å². The van der Waals surface area contributed by atoms with Crippen molar-refractivity contribution in [1.29, 1.82) is 0 Å². The van der Waals surface area contributed by atoms with Crippen molar-refractivity contribution in [3.05, 3.63) is 29.3 Å². The normalized spacial score (nSPS) is 35.3. The van der Waals surface area contributed by atoms with E-state index in [0.717, 1.165) is 32.1 Å². The molecule has 0 radical (unpaired) electrons. The van der Waals surface area contributed by atoms with E-state index >= 15 is 0 Å². The molecule has 5 nitrogen and oxygen atoms in total. The van der Waals surface area contributed by atoms with E-state index in [2.05, 4.69) is 4.72 Å². The van der Waals surface area contributed by atoms with Crippen LogP contribution in [0.25, 0.3) is 0 Å². The fourth-order valence-corrected chi connectivity index (χ4v) is 6.75. The van der Waals surface area contributed by atoms with Crippen molar-refractivity contribution >= 4 is 10.2 Å². The van der Waals surface area contributed by atoms with Crippen LogP contribution in [0.4, 0.5) is 0 Å². The SMILES string of the molecule is CCCN1C[C@@]2(NS1(=O)=O)[C@@H]1CC[C@H]2Cc2cc(O)ccc2C1. The second kappa shape index (κ2) is 5.19. The zero-order chi connectivity index (χ0) is 16.2. The van der Waals surface area contributed by atoms with Crippen molar-refractivity contribution in [3.8, 4) is 5.75 Å². The maximum atomic E-state index is 12.6. The smallest absolute Gasteiger partial charge is 0.280 e. The van der Waals surface area contributed by atoms with Gasteiger partial charge in [0, 0.05) is 13.1 Å². The van der Waals surface area contributed by atoms with E-state index in [9.17, 15) is 13.5 Å². The van der Waals surface area contributed by atoms with Crippen LogP contribution in [0.1, 0.15) is 37.3 Å². The first kappa shape index (κ1) is 15.4. The molecule has 2 bridgehead atoms. The Morgan fingerprint density at radius 3 is 2.65 bits per heavy atom. The van der Waals surface area contributed by atoms with Crippen LogP contribution in [0.2, 0.25) is 0 Å². The van der Waals surface area contributed by atoms with E-state index in [1.165, 1.54) is 11.1 Å². The Morgan fingerprint density at radius 1 is 1.26 bits per heavy atom. The fourth-order valence-electron chi connectivity index (χ4n) is 4.94. The number of benzene rings is 1. The molecule has 6 heteroatoms. The molecule has 0 amide bonds. The monoisotopic (exact) mass is 336 g/mol. The van der Waals surface area contributed by atoms with Crippen LogP contribution < -0.4 is 4.72 Å². The molecule has 23 heavy (non-hydrogen) atoms. The molecule has 2 N–H and O–H groups in total. The zero-order valence-corrected chi connectivity index (χ0v) is 14.3. The van der Waals surface area contributed by atoms with Crippen LogP contribution in [-0.2, 0) is 23.1 Å². The minimum absolute atomic E-state index is 0.301. The van der Waals surface area contributed by atoms with E-state index in [-0.39, 0.29) is 5.54 Å². The molecule has 1 saturated carbocycles. The molecule has 3 atom stereocenters. The van der Waals surface area contributed by atoms with Gasteiger partial charge in [-0.25, -0.2) is 0 Å². The van der Waals surface area contributed by atoms with Gasteiger partial charge in [-0.15, -0.1) is 0 Å². The van der Waals surface area contributed by atoms with E-state index < -0.39 is 10.2 Å². The van der Waals surface area contributed by atoms with Gasteiger partial charge >= 0.3 is 0 Å². The van der Waals surface area contributed by atoms with E-state index in [1.54, 1.807) is 10.4 Å². The molecule has 2 aliphatic carbocycles. The minimum atomic E-state index is -3.36. The molecular weight excluding hydrogens is 312 g/mol. The lowest BCUT2D eigenvalue weighted by Gasteiger charge is -2.33. The molecule has 4 rings (SSSR count). The van der Waals surface area contributed by atoms with Crippen molar-refractivity contribution < 1.29 is 13.5 Å². The fraction of sp³-hybridized carbons (Fsp3) is 0.647. The standard InChI is InChI=1S/C17H24N2O3S/c1-2-7-19-11-17(18-23(19,21)22)14-4-5-15(17)9-13-10-16(20)6-3-12(13)8-14/h3,6,10,14-15,18,20H,2,4-5,7-9,11H2,1H3/t14-,15+,17-/m1/s1. The van der Waals surface area contributed by atoms with Gasteiger partial charge in [-0.3, -0.25) is 0 Å². The Bertz CT molecular complexity index is 733. The number of nitrogens with one attached hydrogen (secondary N) is 1. The predicted molar refractivity (Wildman–Crippen MR) is 88.4 cm³/mol. The first-order valence-corrected chi connectivity index (χ1v) is 9.98. The third-order valence-corrected chi connectivity index (χ3v) is 7.64. The molecule has 1 aromatic rings. The first-order valence-electron chi connectivity index (χ1n) is 8.54. The third-order valence-electron chi connectivity index (χ3n) is 6.01. The number of aromatic hydroxyl groups is 1. The summed E-state index contributed by atoms with van der Waals surface area (Å²) in [7, 11) is -3.36. The van der Waals surface area contributed by atoms with Gasteiger partial charge in [0.2, 0.25) is 0 Å². The Balaban J connectivity index is 1.73. The predicted octanol–water partition coefficient (Wildman–Crippen LogP) is 1.82. The highest BCUT2D eigenvalue weighted by Crippen LogP contribution is 2.50. The van der Waals surface area contributed by atoms with Crippen LogP contribution in [0.5, 0.6) is 5.75 Å². The van der Waals surface area contributed by atoms with Crippen LogP contribution in [-0.4, -0.2) is 36.5 Å². The number of phenols is 1. The minimum Gasteiger partial charge on any atom is -0.508 e. The van der Waals surface area contributed by atoms with Crippen LogP contribution in [0.15, 0.2) is 18.2 Å². The topological polar surface area (TPSA) is 69.6 Å². The summed E-state index contributed by atoms with van der Waals surface area (Å²) in [5.74, 6) is 0.956. The Hall–Kier alpha value is -1.11.